The smallest absolute Gasteiger partial charge is 0.304 e. The fraction of sp³-hybridized carbons (Fsp3) is 0.458. The number of piperidine rings is 1. The van der Waals surface area contributed by atoms with Gasteiger partial charge in [-0.1, -0.05) is 24.3 Å². The number of hydrogen-bond donors (Lipinski definition) is 1. The third-order valence-corrected chi connectivity index (χ3v) is 6.30. The van der Waals surface area contributed by atoms with E-state index in [1.54, 1.807) is 6.07 Å². The molecule has 0 aliphatic carbocycles. The maximum absolute atomic E-state index is 13.7. The van der Waals surface area contributed by atoms with Crippen molar-refractivity contribution in [3.63, 3.8) is 0 Å². The predicted octanol–water partition coefficient (Wildman–Crippen LogP) is 4.46. The van der Waals surface area contributed by atoms with Crippen LogP contribution in [0.2, 0.25) is 0 Å². The lowest BCUT2D eigenvalue weighted by Gasteiger charge is -2.38. The molecular weight excluding hydrogens is 421 g/mol. The molecule has 4 rings (SSSR count). The van der Waals surface area contributed by atoms with Gasteiger partial charge in [0.05, 0.1) is 19.6 Å². The van der Waals surface area contributed by atoms with Crippen LogP contribution in [0.25, 0.3) is 0 Å². The van der Waals surface area contributed by atoms with E-state index in [2.05, 4.69) is 11.0 Å². The van der Waals surface area contributed by atoms with Crippen LogP contribution in [0, 0.1) is 5.82 Å². The van der Waals surface area contributed by atoms with Crippen LogP contribution >= 0.6 is 12.4 Å². The number of carbonyl (C=O) groups is 1. The van der Waals surface area contributed by atoms with E-state index >= 15 is 0 Å². The summed E-state index contributed by atoms with van der Waals surface area (Å²) in [4.78, 5) is 13.0. The second-order valence-electron chi connectivity index (χ2n) is 8.26. The number of rotatable bonds is 8. The van der Waals surface area contributed by atoms with Gasteiger partial charge in [0.25, 0.3) is 0 Å². The van der Waals surface area contributed by atoms with Gasteiger partial charge in [0.15, 0.2) is 0 Å². The average molecular weight is 450 g/mol. The van der Waals surface area contributed by atoms with Gasteiger partial charge in [-0.15, -0.1) is 12.4 Å². The summed E-state index contributed by atoms with van der Waals surface area (Å²) in [6.45, 7) is 3.59. The second kappa shape index (κ2) is 10.3. The third kappa shape index (κ3) is 5.49. The molecule has 1 fully saturated rings. The Balaban J connectivity index is 0.00000272. The number of fused-ring (bicyclic) bond motifs is 2. The molecule has 31 heavy (non-hydrogen) atoms. The Morgan fingerprint density at radius 3 is 2.71 bits per heavy atom. The van der Waals surface area contributed by atoms with Crippen molar-refractivity contribution in [2.75, 3.05) is 32.8 Å². The standard InChI is InChI=1S/C24H28FNO4.ClH/c25-21-6-2-1-4-18(21)5-3-15-29-19-7-8-20-22(16-19)30-17-24(20)10-13-26(14-11-24)12-9-23(27)28;/h1-2,4,6-8,16H,3,5,9-15,17H2,(H,27,28);1H. The normalized spacial score (nSPS) is 16.9. The Hall–Kier alpha value is -2.31. The number of likely N-dealkylation sites (tertiary alicyclic amines) is 1. The highest BCUT2D eigenvalue weighted by molar-refractivity contribution is 5.85. The van der Waals surface area contributed by atoms with Gasteiger partial charge in [-0.05, 0) is 56.5 Å². The number of benzene rings is 2. The first kappa shape index (κ1) is 23.4. The largest absolute Gasteiger partial charge is 0.493 e. The molecule has 1 spiro atoms. The quantitative estimate of drug-likeness (QED) is 0.603. The van der Waals surface area contributed by atoms with Gasteiger partial charge in [-0.3, -0.25) is 4.79 Å². The summed E-state index contributed by atoms with van der Waals surface area (Å²) in [5.41, 5.74) is 1.98. The lowest BCUT2D eigenvalue weighted by atomic mass is 9.74. The van der Waals surface area contributed by atoms with Crippen LogP contribution in [-0.4, -0.2) is 48.8 Å². The second-order valence-corrected chi connectivity index (χ2v) is 8.26. The van der Waals surface area contributed by atoms with Crippen LogP contribution in [0.4, 0.5) is 4.39 Å². The molecule has 7 heteroatoms. The molecular formula is C24H29ClFNO4. The number of halogens is 2. The van der Waals surface area contributed by atoms with E-state index in [1.165, 1.54) is 11.6 Å². The number of carboxylic acids is 1. The van der Waals surface area contributed by atoms with E-state index in [0.717, 1.165) is 49.4 Å². The molecule has 2 aliphatic rings. The van der Waals surface area contributed by atoms with Crippen molar-refractivity contribution in [2.45, 2.75) is 37.5 Å². The third-order valence-electron chi connectivity index (χ3n) is 6.30. The molecule has 0 aromatic heterocycles. The molecule has 0 atom stereocenters. The van der Waals surface area contributed by atoms with Gasteiger partial charge in [0, 0.05) is 23.6 Å². The molecule has 2 aromatic carbocycles. The number of ether oxygens (including phenoxy) is 2. The summed E-state index contributed by atoms with van der Waals surface area (Å²) in [6, 6.07) is 12.9. The Morgan fingerprint density at radius 2 is 1.97 bits per heavy atom. The van der Waals surface area contributed by atoms with E-state index in [4.69, 9.17) is 14.6 Å². The molecule has 0 bridgehead atoms. The Morgan fingerprint density at radius 1 is 1.19 bits per heavy atom. The zero-order valence-electron chi connectivity index (χ0n) is 17.5. The zero-order chi connectivity index (χ0) is 21.0. The minimum absolute atomic E-state index is 0. The van der Waals surface area contributed by atoms with Crippen molar-refractivity contribution in [3.8, 4) is 11.5 Å². The first-order chi connectivity index (χ1) is 14.6. The van der Waals surface area contributed by atoms with Crippen molar-refractivity contribution in [1.29, 1.82) is 0 Å². The van der Waals surface area contributed by atoms with Gasteiger partial charge >= 0.3 is 5.97 Å². The number of hydrogen-bond acceptors (Lipinski definition) is 4. The molecule has 2 aromatic rings. The fourth-order valence-electron chi connectivity index (χ4n) is 4.47. The van der Waals surface area contributed by atoms with Gasteiger partial charge in [-0.25, -0.2) is 4.39 Å². The summed E-state index contributed by atoms with van der Waals surface area (Å²) in [5, 5.41) is 8.88. The van der Waals surface area contributed by atoms with Crippen LogP contribution in [0.15, 0.2) is 42.5 Å². The molecule has 0 saturated carbocycles. The molecule has 5 nitrogen and oxygen atoms in total. The molecule has 2 aliphatic heterocycles. The highest BCUT2D eigenvalue weighted by atomic mass is 35.5. The van der Waals surface area contributed by atoms with Crippen LogP contribution < -0.4 is 9.47 Å². The molecule has 0 unspecified atom stereocenters. The summed E-state index contributed by atoms with van der Waals surface area (Å²) < 4.78 is 25.6. The molecule has 1 N–H and O–H groups in total. The summed E-state index contributed by atoms with van der Waals surface area (Å²) in [5.74, 6) is 0.757. The average Bonchev–Trinajstić information content (AvgIpc) is 3.09. The van der Waals surface area contributed by atoms with Crippen LogP contribution in [-0.2, 0) is 16.6 Å². The molecule has 1 saturated heterocycles. The van der Waals surface area contributed by atoms with Crippen molar-refractivity contribution in [3.05, 3.63) is 59.4 Å². The first-order valence-electron chi connectivity index (χ1n) is 10.6. The van der Waals surface area contributed by atoms with Crippen LogP contribution in [0.3, 0.4) is 0 Å². The summed E-state index contributed by atoms with van der Waals surface area (Å²) in [7, 11) is 0. The minimum Gasteiger partial charge on any atom is -0.493 e. The van der Waals surface area contributed by atoms with Crippen molar-refractivity contribution >= 4 is 18.4 Å². The Labute approximate surface area is 188 Å². The van der Waals surface area contributed by atoms with E-state index in [0.29, 0.717) is 26.2 Å². The molecule has 168 valence electrons. The van der Waals surface area contributed by atoms with Gasteiger partial charge in [-0.2, -0.15) is 0 Å². The highest BCUT2D eigenvalue weighted by Gasteiger charge is 2.43. The van der Waals surface area contributed by atoms with Gasteiger partial charge < -0.3 is 19.5 Å². The maximum Gasteiger partial charge on any atom is 0.304 e. The van der Waals surface area contributed by atoms with E-state index in [9.17, 15) is 9.18 Å². The number of aliphatic carboxylic acids is 1. The van der Waals surface area contributed by atoms with E-state index < -0.39 is 5.97 Å². The van der Waals surface area contributed by atoms with Crippen molar-refractivity contribution in [2.24, 2.45) is 0 Å². The number of nitrogens with zero attached hydrogens (tertiary/aromatic N) is 1. The highest BCUT2D eigenvalue weighted by Crippen LogP contribution is 2.46. The number of aryl methyl sites for hydroxylation is 1. The fourth-order valence-corrected chi connectivity index (χ4v) is 4.47. The van der Waals surface area contributed by atoms with Crippen LogP contribution in [0.5, 0.6) is 11.5 Å². The SMILES string of the molecule is Cl.O=C(O)CCN1CCC2(CC1)COc1cc(OCCCc3ccccc3F)ccc12. The predicted molar refractivity (Wildman–Crippen MR) is 119 cm³/mol. The first-order valence-corrected chi connectivity index (χ1v) is 10.6. The van der Waals surface area contributed by atoms with Gasteiger partial charge in [0.1, 0.15) is 17.3 Å². The molecule has 2 heterocycles. The number of carboxylic acid groups (broad SMARTS) is 1. The lowest BCUT2D eigenvalue weighted by Crippen LogP contribution is -2.44. The molecule has 0 radical (unpaired) electrons. The summed E-state index contributed by atoms with van der Waals surface area (Å²) >= 11 is 0. The Bertz CT molecular complexity index is 899. The van der Waals surface area contributed by atoms with Crippen LogP contribution in [0.1, 0.15) is 36.8 Å². The zero-order valence-corrected chi connectivity index (χ0v) is 18.3. The van der Waals surface area contributed by atoms with E-state index in [1.807, 2.05) is 24.3 Å². The monoisotopic (exact) mass is 449 g/mol. The lowest BCUT2D eigenvalue weighted by molar-refractivity contribution is -0.137. The minimum atomic E-state index is -0.744. The van der Waals surface area contributed by atoms with Gasteiger partial charge in [0.2, 0.25) is 0 Å². The Kier molecular flexibility index (Phi) is 7.79. The topological polar surface area (TPSA) is 59.0 Å². The maximum atomic E-state index is 13.7. The van der Waals surface area contributed by atoms with Crippen molar-refractivity contribution < 1.29 is 23.8 Å². The molecule has 0 amide bonds. The van der Waals surface area contributed by atoms with E-state index in [-0.39, 0.29) is 30.1 Å². The summed E-state index contributed by atoms with van der Waals surface area (Å²) in [6.07, 6.45) is 3.53. The van der Waals surface area contributed by atoms with Crippen molar-refractivity contribution in [1.82, 2.24) is 4.90 Å².